The lowest BCUT2D eigenvalue weighted by Gasteiger charge is -2.09. The number of ether oxygens (including phenoxy) is 13. The fourth-order valence-corrected chi connectivity index (χ4v) is 4.15. The summed E-state index contributed by atoms with van der Waals surface area (Å²) in [6, 6.07) is 14.1. The van der Waals surface area contributed by atoms with E-state index in [-0.39, 0.29) is 24.5 Å². The molecule has 0 spiro atoms. The van der Waals surface area contributed by atoms with Crippen LogP contribution >= 0.6 is 0 Å². The average Bonchev–Trinajstić information content (AvgIpc) is 3.22. The van der Waals surface area contributed by atoms with Crippen LogP contribution in [0.25, 0.3) is 0 Å². The summed E-state index contributed by atoms with van der Waals surface area (Å²) in [6.45, 7) is 9.70. The molecule has 0 fully saturated rings. The second kappa shape index (κ2) is 35.7. The van der Waals surface area contributed by atoms with E-state index in [4.69, 9.17) is 61.6 Å². The first-order valence-electron chi connectivity index (χ1n) is 18.6. The van der Waals surface area contributed by atoms with Crippen LogP contribution in [-0.4, -0.2) is 175 Å². The minimum absolute atomic E-state index is 0.0112. The molecule has 0 bridgehead atoms. The summed E-state index contributed by atoms with van der Waals surface area (Å²) in [6.07, 6.45) is 0. The van der Waals surface area contributed by atoms with Crippen LogP contribution in [-0.2, 0) is 61.6 Å². The maximum Gasteiger partial charge on any atom is 0.379 e. The van der Waals surface area contributed by atoms with Gasteiger partial charge in [0.15, 0.2) is 0 Å². The summed E-state index contributed by atoms with van der Waals surface area (Å²) in [5, 5.41) is 10.6. The molecule has 0 aliphatic carbocycles. The number of Topliss-reactive ketones (excluding diaryl/α,β-unsaturated/α-hetero) is 1. The first-order chi connectivity index (χ1) is 27.6. The molecular weight excluding hydrogens is 742 g/mol. The zero-order valence-electron chi connectivity index (χ0n) is 32.1. The molecule has 0 radical (unpaired) electrons. The topological polar surface area (TPSA) is 197 Å². The molecule has 0 N–H and O–H groups in total. The molecule has 2 aromatic rings. The van der Waals surface area contributed by atoms with Crippen LogP contribution in [0.1, 0.15) is 10.4 Å². The Bertz CT molecular complexity index is 1240. The van der Waals surface area contributed by atoms with Crippen LogP contribution in [0.15, 0.2) is 54.6 Å². The van der Waals surface area contributed by atoms with E-state index in [9.17, 15) is 19.7 Å². The van der Waals surface area contributed by atoms with Gasteiger partial charge < -0.3 is 61.6 Å². The van der Waals surface area contributed by atoms with E-state index < -0.39 is 16.7 Å². The highest BCUT2D eigenvalue weighted by atomic mass is 16.6. The highest BCUT2D eigenvalue weighted by molar-refractivity contribution is 6.40. The van der Waals surface area contributed by atoms with E-state index in [0.29, 0.717) is 151 Å². The first kappa shape index (κ1) is 48.5. The van der Waals surface area contributed by atoms with Crippen molar-refractivity contribution in [1.29, 1.82) is 0 Å². The summed E-state index contributed by atoms with van der Waals surface area (Å²) in [7, 11) is 0. The molecule has 0 aromatic heterocycles. The Labute approximate surface area is 327 Å². The molecule has 2 aromatic carbocycles. The van der Waals surface area contributed by atoms with Crippen LogP contribution in [0, 0.1) is 10.1 Å². The fourth-order valence-electron chi connectivity index (χ4n) is 4.15. The van der Waals surface area contributed by atoms with Gasteiger partial charge in [-0.1, -0.05) is 30.3 Å². The highest BCUT2D eigenvalue weighted by Crippen LogP contribution is 2.17. The van der Waals surface area contributed by atoms with E-state index in [0.717, 1.165) is 0 Å². The maximum absolute atomic E-state index is 11.9. The monoisotopic (exact) mass is 799 g/mol. The lowest BCUT2D eigenvalue weighted by atomic mass is 10.1. The van der Waals surface area contributed by atoms with Gasteiger partial charge >= 0.3 is 5.97 Å². The predicted molar refractivity (Wildman–Crippen MR) is 199 cm³/mol. The number of hydrogen-bond acceptors (Lipinski definition) is 17. The molecule has 0 saturated carbocycles. The smallest absolute Gasteiger partial charge is 0.379 e. The molecule has 0 heterocycles. The molecule has 0 aliphatic rings. The van der Waals surface area contributed by atoms with E-state index in [1.807, 2.05) is 0 Å². The lowest BCUT2D eigenvalue weighted by molar-refractivity contribution is -0.384. The van der Waals surface area contributed by atoms with Crippen LogP contribution in [0.2, 0.25) is 0 Å². The SMILES string of the molecule is O=C(OCCOCCOCCOCCOCCOCCOCCOCCOCCOCCOCCOCCOc1ccc([N+](=O)[O-])cc1)C(=O)c1ccccc1. The Kier molecular flexibility index (Phi) is 30.9. The normalized spacial score (nSPS) is 11.1. The number of carbonyl (C=O) groups is 2. The molecule has 0 atom stereocenters. The molecule has 0 amide bonds. The summed E-state index contributed by atoms with van der Waals surface area (Å²) < 4.78 is 70.3. The molecular formula is C38H57NO17. The molecule has 0 unspecified atom stereocenters. The van der Waals surface area contributed by atoms with Gasteiger partial charge in [0.2, 0.25) is 0 Å². The van der Waals surface area contributed by atoms with Gasteiger partial charge in [0.25, 0.3) is 11.5 Å². The summed E-state index contributed by atoms with van der Waals surface area (Å²) in [4.78, 5) is 33.8. The molecule has 2 rings (SSSR count). The van der Waals surface area contributed by atoms with Crippen molar-refractivity contribution in [3.8, 4) is 5.75 Å². The minimum atomic E-state index is -0.904. The van der Waals surface area contributed by atoms with Crippen molar-refractivity contribution in [2.24, 2.45) is 0 Å². The Balaban J connectivity index is 1.16. The number of hydrogen-bond donors (Lipinski definition) is 0. The van der Waals surface area contributed by atoms with Gasteiger partial charge in [-0.25, -0.2) is 4.79 Å². The van der Waals surface area contributed by atoms with Crippen molar-refractivity contribution in [1.82, 2.24) is 0 Å². The van der Waals surface area contributed by atoms with Crippen molar-refractivity contribution in [2.45, 2.75) is 0 Å². The van der Waals surface area contributed by atoms with Crippen LogP contribution < -0.4 is 4.74 Å². The molecule has 0 aliphatic heterocycles. The number of nitro benzene ring substituents is 1. The van der Waals surface area contributed by atoms with Crippen molar-refractivity contribution in [3.63, 3.8) is 0 Å². The zero-order chi connectivity index (χ0) is 40.0. The summed E-state index contributed by atoms with van der Waals surface area (Å²) >= 11 is 0. The summed E-state index contributed by atoms with van der Waals surface area (Å²) in [5.41, 5.74) is 0.308. The number of non-ortho nitro benzene ring substituents is 1. The quantitative estimate of drug-likeness (QED) is 0.0238. The highest BCUT2D eigenvalue weighted by Gasteiger charge is 2.17. The second-order valence-electron chi connectivity index (χ2n) is 11.2. The number of carbonyl (C=O) groups excluding carboxylic acids is 2. The fraction of sp³-hybridized carbons (Fsp3) is 0.632. The molecule has 18 nitrogen and oxygen atoms in total. The number of rotatable bonds is 40. The number of esters is 1. The van der Waals surface area contributed by atoms with E-state index >= 15 is 0 Å². The number of nitro groups is 1. The van der Waals surface area contributed by atoms with Gasteiger partial charge in [-0.05, 0) is 12.1 Å². The largest absolute Gasteiger partial charge is 0.491 e. The van der Waals surface area contributed by atoms with Crippen molar-refractivity contribution in [3.05, 3.63) is 70.3 Å². The molecule has 18 heteroatoms. The van der Waals surface area contributed by atoms with Crippen molar-refractivity contribution in [2.75, 3.05) is 159 Å². The third-order valence-corrected chi connectivity index (χ3v) is 6.95. The van der Waals surface area contributed by atoms with Crippen LogP contribution in [0.5, 0.6) is 5.75 Å². The molecule has 316 valence electrons. The van der Waals surface area contributed by atoms with Gasteiger partial charge in [-0.3, -0.25) is 14.9 Å². The molecule has 56 heavy (non-hydrogen) atoms. The maximum atomic E-state index is 11.9. The van der Waals surface area contributed by atoms with E-state index in [1.165, 1.54) is 12.1 Å². The van der Waals surface area contributed by atoms with Gasteiger partial charge in [-0.15, -0.1) is 0 Å². The van der Waals surface area contributed by atoms with Crippen LogP contribution in [0.3, 0.4) is 0 Å². The summed E-state index contributed by atoms with van der Waals surface area (Å²) in [5.74, 6) is -1.04. The molecule has 0 saturated heterocycles. The Morgan fingerprint density at radius 3 is 1.04 bits per heavy atom. The third-order valence-electron chi connectivity index (χ3n) is 6.95. The Morgan fingerprint density at radius 1 is 0.411 bits per heavy atom. The van der Waals surface area contributed by atoms with Crippen molar-refractivity contribution >= 4 is 17.4 Å². The average molecular weight is 800 g/mol. The first-order valence-corrected chi connectivity index (χ1v) is 18.6. The number of nitrogens with zero attached hydrogens (tertiary/aromatic N) is 1. The van der Waals surface area contributed by atoms with Gasteiger partial charge in [0, 0.05) is 17.7 Å². The van der Waals surface area contributed by atoms with E-state index in [2.05, 4.69) is 0 Å². The number of benzene rings is 2. The standard InChI is InChI=1S/C38H57NO17/c40-37(34-4-2-1-3-5-34)38(41)56-33-31-54-29-27-52-25-23-50-21-19-48-17-15-46-13-11-44-10-12-45-14-16-47-18-20-49-22-24-51-26-28-53-30-32-55-36-8-6-35(7-9-36)39(42)43/h1-9H,10-33H2. The Morgan fingerprint density at radius 2 is 0.714 bits per heavy atom. The van der Waals surface area contributed by atoms with E-state index in [1.54, 1.807) is 42.5 Å². The van der Waals surface area contributed by atoms with Crippen molar-refractivity contribution < 1.29 is 76.1 Å². The minimum Gasteiger partial charge on any atom is -0.491 e. The lowest BCUT2D eigenvalue weighted by Crippen LogP contribution is -2.20. The zero-order valence-corrected chi connectivity index (χ0v) is 32.1. The number of ketones is 1. The van der Waals surface area contributed by atoms with Gasteiger partial charge in [0.05, 0.1) is 150 Å². The van der Waals surface area contributed by atoms with Gasteiger partial charge in [0.1, 0.15) is 19.0 Å². The predicted octanol–water partition coefficient (Wildman–Crippen LogP) is 2.58. The second-order valence-corrected chi connectivity index (χ2v) is 11.2. The van der Waals surface area contributed by atoms with Gasteiger partial charge in [-0.2, -0.15) is 0 Å². The van der Waals surface area contributed by atoms with Crippen LogP contribution in [0.4, 0.5) is 5.69 Å². The Hall–Kier alpha value is -3.66. The third kappa shape index (κ3) is 27.8.